The van der Waals surface area contributed by atoms with E-state index >= 15 is 0 Å². The average molecular weight is 248 g/mol. The van der Waals surface area contributed by atoms with Crippen LogP contribution in [0.15, 0.2) is 30.3 Å². The number of sulfonamides is 1. The molecule has 0 radical (unpaired) electrons. The van der Waals surface area contributed by atoms with Crippen molar-refractivity contribution in [3.8, 4) is 0 Å². The summed E-state index contributed by atoms with van der Waals surface area (Å²) in [5.41, 5.74) is 0.952. The van der Waals surface area contributed by atoms with Gasteiger partial charge in [-0.05, 0) is 12.5 Å². The Morgan fingerprint density at radius 2 is 1.87 bits per heavy atom. The number of halogens is 1. The molecule has 0 aromatic heterocycles. The van der Waals surface area contributed by atoms with Crippen LogP contribution >= 0.6 is 11.6 Å². The predicted octanol–water partition coefficient (Wildman–Crippen LogP) is 2.21. The molecule has 84 valence electrons. The summed E-state index contributed by atoms with van der Waals surface area (Å²) in [5, 5.41) is -0.388. The van der Waals surface area contributed by atoms with Gasteiger partial charge in [-0.15, -0.1) is 11.6 Å². The Morgan fingerprint density at radius 1 is 1.33 bits per heavy atom. The number of hydrogen-bond acceptors (Lipinski definition) is 2. The van der Waals surface area contributed by atoms with Crippen molar-refractivity contribution in [2.75, 3.05) is 12.3 Å². The van der Waals surface area contributed by atoms with Crippen LogP contribution in [0.5, 0.6) is 0 Å². The van der Waals surface area contributed by atoms with Gasteiger partial charge >= 0.3 is 0 Å². The van der Waals surface area contributed by atoms with Gasteiger partial charge in [0.05, 0.1) is 0 Å². The normalized spacial score (nSPS) is 14.1. The first-order chi connectivity index (χ1) is 6.99. The van der Waals surface area contributed by atoms with Crippen LogP contribution in [0.3, 0.4) is 0 Å². The minimum Gasteiger partial charge on any atom is -0.211 e. The first-order valence-electron chi connectivity index (χ1n) is 4.55. The molecular formula is C10H14ClNO2S. The van der Waals surface area contributed by atoms with Crippen molar-refractivity contribution in [3.05, 3.63) is 35.9 Å². The lowest BCUT2D eigenvalue weighted by molar-refractivity contribution is 0.401. The van der Waals surface area contributed by atoms with Gasteiger partial charge in [0, 0.05) is 13.1 Å². The highest BCUT2D eigenvalue weighted by atomic mass is 35.5. The summed E-state index contributed by atoms with van der Waals surface area (Å²) in [6.07, 6.45) is 0. The highest BCUT2D eigenvalue weighted by Gasteiger charge is 2.22. The molecule has 0 bridgehead atoms. The zero-order valence-corrected chi connectivity index (χ0v) is 10.3. The van der Waals surface area contributed by atoms with Crippen molar-refractivity contribution < 1.29 is 8.42 Å². The van der Waals surface area contributed by atoms with Crippen LogP contribution in [0.2, 0.25) is 0 Å². The lowest BCUT2D eigenvalue weighted by Gasteiger charge is -2.23. The molecule has 0 heterocycles. The van der Waals surface area contributed by atoms with Crippen molar-refractivity contribution in [2.45, 2.75) is 13.0 Å². The molecular weight excluding hydrogens is 234 g/mol. The Hall–Kier alpha value is -0.580. The summed E-state index contributed by atoms with van der Waals surface area (Å²) < 4.78 is 24.3. The van der Waals surface area contributed by atoms with E-state index < -0.39 is 10.0 Å². The van der Waals surface area contributed by atoms with Crippen molar-refractivity contribution in [3.63, 3.8) is 0 Å². The molecule has 0 saturated heterocycles. The van der Waals surface area contributed by atoms with Crippen LogP contribution in [-0.2, 0) is 10.0 Å². The fourth-order valence-corrected chi connectivity index (χ4v) is 2.48. The summed E-state index contributed by atoms with van der Waals surface area (Å²) >= 11 is 5.39. The molecule has 0 amide bonds. The summed E-state index contributed by atoms with van der Waals surface area (Å²) in [5.74, 6) is 0. The molecule has 0 aliphatic heterocycles. The minimum absolute atomic E-state index is 0.199. The molecule has 1 rings (SSSR count). The lowest BCUT2D eigenvalue weighted by atomic mass is 10.1. The van der Waals surface area contributed by atoms with Gasteiger partial charge in [-0.25, -0.2) is 8.42 Å². The number of alkyl halides is 1. The van der Waals surface area contributed by atoms with Gasteiger partial charge in [0.25, 0.3) is 0 Å². The SMILES string of the molecule is CC(c1ccccc1)N(C)S(=O)(=O)CCl. The standard InChI is InChI=1S/C10H14ClNO2S/c1-9(10-6-4-3-5-7-10)12(2)15(13,14)8-11/h3-7,9H,8H2,1-2H3. The minimum atomic E-state index is -3.35. The van der Waals surface area contributed by atoms with Gasteiger partial charge in [0.2, 0.25) is 10.0 Å². The van der Waals surface area contributed by atoms with E-state index in [1.165, 1.54) is 11.4 Å². The van der Waals surface area contributed by atoms with Crippen LogP contribution in [0, 0.1) is 0 Å². The van der Waals surface area contributed by atoms with Gasteiger partial charge in [-0.3, -0.25) is 0 Å². The van der Waals surface area contributed by atoms with Gasteiger partial charge in [0.1, 0.15) is 5.21 Å². The smallest absolute Gasteiger partial charge is 0.211 e. The van der Waals surface area contributed by atoms with Crippen LogP contribution < -0.4 is 0 Å². The number of rotatable bonds is 4. The first kappa shape index (κ1) is 12.5. The third-order valence-electron chi connectivity index (χ3n) is 2.40. The van der Waals surface area contributed by atoms with Gasteiger partial charge < -0.3 is 0 Å². The first-order valence-corrected chi connectivity index (χ1v) is 6.70. The zero-order valence-electron chi connectivity index (χ0n) is 8.72. The largest absolute Gasteiger partial charge is 0.228 e. The summed E-state index contributed by atoms with van der Waals surface area (Å²) in [6, 6.07) is 9.25. The maximum atomic E-state index is 11.5. The molecule has 15 heavy (non-hydrogen) atoms. The van der Waals surface area contributed by atoms with Gasteiger partial charge in [-0.2, -0.15) is 4.31 Å². The Morgan fingerprint density at radius 3 is 2.33 bits per heavy atom. The molecule has 0 saturated carbocycles. The average Bonchev–Trinajstić information content (AvgIpc) is 2.28. The number of benzene rings is 1. The van der Waals surface area contributed by atoms with Crippen molar-refractivity contribution in [2.24, 2.45) is 0 Å². The fraction of sp³-hybridized carbons (Fsp3) is 0.400. The topological polar surface area (TPSA) is 37.4 Å². The Labute approximate surface area is 95.7 Å². The third kappa shape index (κ3) is 2.93. The van der Waals surface area contributed by atoms with Crippen molar-refractivity contribution in [1.29, 1.82) is 0 Å². The van der Waals surface area contributed by atoms with Gasteiger partial charge in [0.15, 0.2) is 0 Å². The van der Waals surface area contributed by atoms with E-state index in [-0.39, 0.29) is 11.3 Å². The van der Waals surface area contributed by atoms with Crippen LogP contribution in [-0.4, -0.2) is 25.0 Å². The molecule has 1 atom stereocenters. The van der Waals surface area contributed by atoms with Gasteiger partial charge in [-0.1, -0.05) is 30.3 Å². The van der Waals surface area contributed by atoms with E-state index in [1.54, 1.807) is 0 Å². The second-order valence-electron chi connectivity index (χ2n) is 3.32. The molecule has 0 aliphatic carbocycles. The quantitative estimate of drug-likeness (QED) is 0.765. The van der Waals surface area contributed by atoms with E-state index in [2.05, 4.69) is 0 Å². The van der Waals surface area contributed by atoms with E-state index in [4.69, 9.17) is 11.6 Å². The van der Waals surface area contributed by atoms with E-state index in [0.717, 1.165) is 5.56 Å². The van der Waals surface area contributed by atoms with Crippen molar-refractivity contribution in [1.82, 2.24) is 4.31 Å². The van der Waals surface area contributed by atoms with E-state index in [0.29, 0.717) is 0 Å². The van der Waals surface area contributed by atoms with Crippen LogP contribution in [0.4, 0.5) is 0 Å². The second-order valence-corrected chi connectivity index (χ2v) is 5.94. The highest BCUT2D eigenvalue weighted by molar-refractivity contribution is 7.90. The Kier molecular flexibility index (Phi) is 4.13. The summed E-state index contributed by atoms with van der Waals surface area (Å²) in [7, 11) is -1.81. The molecule has 0 fully saturated rings. The van der Waals surface area contributed by atoms with Crippen LogP contribution in [0.1, 0.15) is 18.5 Å². The molecule has 1 aromatic carbocycles. The molecule has 1 unspecified atom stereocenters. The monoisotopic (exact) mass is 247 g/mol. The third-order valence-corrected chi connectivity index (χ3v) is 4.70. The molecule has 3 nitrogen and oxygen atoms in total. The van der Waals surface area contributed by atoms with E-state index in [1.807, 2.05) is 37.3 Å². The fourth-order valence-electron chi connectivity index (χ4n) is 1.26. The summed E-state index contributed by atoms with van der Waals surface area (Å²) in [6.45, 7) is 1.83. The lowest BCUT2D eigenvalue weighted by Crippen LogP contribution is -2.30. The number of nitrogens with zero attached hydrogens (tertiary/aromatic N) is 1. The highest BCUT2D eigenvalue weighted by Crippen LogP contribution is 2.21. The Balaban J connectivity index is 2.92. The van der Waals surface area contributed by atoms with Crippen LogP contribution in [0.25, 0.3) is 0 Å². The molecule has 0 spiro atoms. The predicted molar refractivity (Wildman–Crippen MR) is 62.3 cm³/mol. The molecule has 1 aromatic rings. The molecule has 5 heteroatoms. The summed E-state index contributed by atoms with van der Waals surface area (Å²) in [4.78, 5) is 0. The van der Waals surface area contributed by atoms with Crippen molar-refractivity contribution >= 4 is 21.6 Å². The second kappa shape index (κ2) is 4.96. The number of hydrogen-bond donors (Lipinski definition) is 0. The molecule has 0 N–H and O–H groups in total. The van der Waals surface area contributed by atoms with E-state index in [9.17, 15) is 8.42 Å². The molecule has 0 aliphatic rings. The maximum absolute atomic E-state index is 11.5. The maximum Gasteiger partial charge on any atom is 0.228 e. The zero-order chi connectivity index (χ0) is 11.5. The Bertz CT molecular complexity index is 405.